The van der Waals surface area contributed by atoms with Crippen LogP contribution in [0.4, 0.5) is 4.79 Å². The highest BCUT2D eigenvalue weighted by Crippen LogP contribution is 2.45. The Bertz CT molecular complexity index is 905. The molecule has 136 valence electrons. The monoisotopic (exact) mass is 364 g/mol. The molecule has 0 radical (unpaired) electrons. The third-order valence-corrected chi connectivity index (χ3v) is 5.25. The molecule has 7 heteroatoms. The van der Waals surface area contributed by atoms with Gasteiger partial charge in [0.15, 0.2) is 6.61 Å². The molecular weight excluding hydrogens is 348 g/mol. The normalized spacial score (nSPS) is 19.1. The minimum atomic E-state index is -0.626. The van der Waals surface area contributed by atoms with Crippen molar-refractivity contribution in [1.29, 1.82) is 0 Å². The van der Waals surface area contributed by atoms with Gasteiger partial charge in [-0.3, -0.25) is 9.59 Å². The molecule has 2 aromatic carbocycles. The average molecular weight is 364 g/mol. The molecule has 2 aromatic rings. The summed E-state index contributed by atoms with van der Waals surface area (Å²) in [6, 6.07) is 14.7. The second kappa shape index (κ2) is 5.84. The maximum atomic E-state index is 13.3. The minimum absolute atomic E-state index is 0.0607. The Morgan fingerprint density at radius 1 is 0.926 bits per heavy atom. The van der Waals surface area contributed by atoms with Gasteiger partial charge >= 0.3 is 6.09 Å². The number of benzene rings is 2. The van der Waals surface area contributed by atoms with Crippen molar-refractivity contribution in [2.24, 2.45) is 0 Å². The van der Waals surface area contributed by atoms with Crippen LogP contribution in [-0.4, -0.2) is 53.4 Å². The smallest absolute Gasteiger partial charge is 0.417 e. The summed E-state index contributed by atoms with van der Waals surface area (Å²) in [5, 5.41) is 0. The fraction of sp³-hybridized carbons (Fsp3) is 0.250. The number of rotatable bonds is 2. The molecule has 3 aliphatic heterocycles. The van der Waals surface area contributed by atoms with Crippen LogP contribution in [0.3, 0.4) is 0 Å². The Balaban J connectivity index is 1.42. The van der Waals surface area contributed by atoms with Crippen LogP contribution >= 0.6 is 0 Å². The molecule has 2 fully saturated rings. The Kier molecular flexibility index (Phi) is 3.43. The molecular formula is C20H16N2O5. The summed E-state index contributed by atoms with van der Waals surface area (Å²) in [5.41, 5.74) is 1.64. The summed E-state index contributed by atoms with van der Waals surface area (Å²) in [7, 11) is 0. The van der Waals surface area contributed by atoms with E-state index in [2.05, 4.69) is 0 Å². The summed E-state index contributed by atoms with van der Waals surface area (Å²) in [6.45, 7) is 0.423. The molecule has 3 aliphatic rings. The molecule has 3 heterocycles. The number of carbonyl (C=O) groups excluding carboxylic acids is 3. The molecule has 3 amide bonds. The largest absolute Gasteiger partial charge is 0.457 e. The number of carbonyl (C=O) groups is 3. The van der Waals surface area contributed by atoms with E-state index in [9.17, 15) is 14.4 Å². The topological polar surface area (TPSA) is 76.2 Å². The van der Waals surface area contributed by atoms with E-state index in [-0.39, 0.29) is 24.5 Å². The molecule has 0 aliphatic carbocycles. The highest BCUT2D eigenvalue weighted by Gasteiger charge is 2.46. The van der Waals surface area contributed by atoms with Crippen LogP contribution in [0.5, 0.6) is 11.5 Å². The van der Waals surface area contributed by atoms with Gasteiger partial charge in [0.05, 0.1) is 12.0 Å². The quantitative estimate of drug-likeness (QED) is 0.816. The first kappa shape index (κ1) is 15.9. The van der Waals surface area contributed by atoms with Crippen molar-refractivity contribution < 1.29 is 23.9 Å². The SMILES string of the molecule is O=C(C1c2ccccc2Oc2ccccc21)N1CC(N2C(=O)COC2=O)C1. The van der Waals surface area contributed by atoms with E-state index in [1.54, 1.807) is 4.90 Å². The first-order valence-corrected chi connectivity index (χ1v) is 8.77. The molecule has 2 saturated heterocycles. The molecule has 0 saturated carbocycles. The van der Waals surface area contributed by atoms with Crippen molar-refractivity contribution >= 4 is 17.9 Å². The van der Waals surface area contributed by atoms with Crippen molar-refractivity contribution in [2.45, 2.75) is 12.0 Å². The third-order valence-electron chi connectivity index (χ3n) is 5.25. The van der Waals surface area contributed by atoms with Crippen LogP contribution < -0.4 is 4.74 Å². The first-order chi connectivity index (χ1) is 13.1. The minimum Gasteiger partial charge on any atom is -0.457 e. The lowest BCUT2D eigenvalue weighted by molar-refractivity contribution is -0.142. The Labute approximate surface area is 155 Å². The molecule has 0 aromatic heterocycles. The van der Waals surface area contributed by atoms with Crippen LogP contribution in [0.25, 0.3) is 0 Å². The Morgan fingerprint density at radius 2 is 1.52 bits per heavy atom. The number of ether oxygens (including phenoxy) is 2. The average Bonchev–Trinajstić information content (AvgIpc) is 2.97. The second-order valence-electron chi connectivity index (χ2n) is 6.83. The lowest BCUT2D eigenvalue weighted by Gasteiger charge is -2.44. The van der Waals surface area contributed by atoms with Crippen LogP contribution in [-0.2, 0) is 14.3 Å². The summed E-state index contributed by atoms with van der Waals surface area (Å²) >= 11 is 0. The number of cyclic esters (lactones) is 1. The molecule has 0 bridgehead atoms. The van der Waals surface area contributed by atoms with Gasteiger partial charge in [0, 0.05) is 24.2 Å². The zero-order chi connectivity index (χ0) is 18.5. The van der Waals surface area contributed by atoms with Gasteiger partial charge < -0.3 is 14.4 Å². The van der Waals surface area contributed by atoms with Gasteiger partial charge in [-0.1, -0.05) is 36.4 Å². The number of likely N-dealkylation sites (tertiary alicyclic amines) is 1. The van der Waals surface area contributed by atoms with E-state index in [0.29, 0.717) is 24.6 Å². The standard InChI is InChI=1S/C20H16N2O5/c23-17-11-26-20(25)22(17)12-9-21(10-12)19(24)18-13-5-1-3-7-15(13)27-16-8-4-2-6-14(16)18/h1-8,12,18H,9-11H2. The highest BCUT2D eigenvalue weighted by molar-refractivity contribution is 5.99. The number of hydrogen-bond donors (Lipinski definition) is 0. The maximum absolute atomic E-state index is 13.3. The molecule has 0 atom stereocenters. The van der Waals surface area contributed by atoms with Gasteiger partial charge in [0.2, 0.25) is 5.91 Å². The second-order valence-corrected chi connectivity index (χ2v) is 6.83. The van der Waals surface area contributed by atoms with E-state index in [1.807, 2.05) is 48.5 Å². The zero-order valence-electron chi connectivity index (χ0n) is 14.3. The van der Waals surface area contributed by atoms with E-state index >= 15 is 0 Å². The highest BCUT2D eigenvalue weighted by atomic mass is 16.6. The zero-order valence-corrected chi connectivity index (χ0v) is 14.3. The van der Waals surface area contributed by atoms with E-state index < -0.39 is 12.0 Å². The van der Waals surface area contributed by atoms with Crippen LogP contribution in [0.2, 0.25) is 0 Å². The van der Waals surface area contributed by atoms with Gasteiger partial charge in [-0.2, -0.15) is 0 Å². The summed E-state index contributed by atoms with van der Waals surface area (Å²) in [5.74, 6) is 0.469. The van der Waals surface area contributed by atoms with Gasteiger partial charge in [0.25, 0.3) is 5.91 Å². The van der Waals surface area contributed by atoms with Gasteiger partial charge in [-0.05, 0) is 12.1 Å². The predicted molar refractivity (Wildman–Crippen MR) is 93.4 cm³/mol. The Morgan fingerprint density at radius 3 is 2.07 bits per heavy atom. The van der Waals surface area contributed by atoms with Crippen LogP contribution in [0.15, 0.2) is 48.5 Å². The molecule has 5 rings (SSSR count). The number of para-hydroxylation sites is 2. The van der Waals surface area contributed by atoms with E-state index in [0.717, 1.165) is 16.0 Å². The van der Waals surface area contributed by atoms with E-state index in [1.165, 1.54) is 0 Å². The van der Waals surface area contributed by atoms with E-state index in [4.69, 9.17) is 9.47 Å². The summed E-state index contributed by atoms with van der Waals surface area (Å²) < 4.78 is 10.7. The van der Waals surface area contributed by atoms with Crippen molar-refractivity contribution in [3.8, 4) is 11.5 Å². The first-order valence-electron chi connectivity index (χ1n) is 8.77. The maximum Gasteiger partial charge on any atom is 0.417 e. The fourth-order valence-electron chi connectivity index (χ4n) is 3.87. The molecule has 7 nitrogen and oxygen atoms in total. The number of imide groups is 1. The van der Waals surface area contributed by atoms with Gasteiger partial charge in [-0.15, -0.1) is 0 Å². The number of hydrogen-bond acceptors (Lipinski definition) is 5. The van der Waals surface area contributed by atoms with Crippen molar-refractivity contribution in [2.75, 3.05) is 19.7 Å². The molecule has 0 unspecified atom stereocenters. The van der Waals surface area contributed by atoms with Crippen molar-refractivity contribution in [1.82, 2.24) is 9.80 Å². The summed E-state index contributed by atoms with van der Waals surface area (Å²) in [4.78, 5) is 39.5. The third kappa shape index (κ3) is 2.38. The number of nitrogens with zero attached hydrogens (tertiary/aromatic N) is 2. The van der Waals surface area contributed by atoms with Gasteiger partial charge in [0.1, 0.15) is 11.5 Å². The molecule has 0 N–H and O–H groups in total. The van der Waals surface area contributed by atoms with Crippen molar-refractivity contribution in [3.63, 3.8) is 0 Å². The van der Waals surface area contributed by atoms with Gasteiger partial charge in [-0.25, -0.2) is 9.69 Å². The van der Waals surface area contributed by atoms with Crippen LogP contribution in [0, 0.1) is 0 Å². The summed E-state index contributed by atoms with van der Waals surface area (Å²) in [6.07, 6.45) is -0.626. The van der Waals surface area contributed by atoms with Crippen molar-refractivity contribution in [3.05, 3.63) is 59.7 Å². The number of amides is 3. The molecule has 0 spiro atoms. The molecule has 27 heavy (non-hydrogen) atoms. The lowest BCUT2D eigenvalue weighted by atomic mass is 9.86. The van der Waals surface area contributed by atoms with Crippen LogP contribution in [0.1, 0.15) is 17.0 Å². The Hall–Kier alpha value is -3.35. The predicted octanol–water partition coefficient (Wildman–Crippen LogP) is 2.11. The number of fused-ring (bicyclic) bond motifs is 2. The fourth-order valence-corrected chi connectivity index (χ4v) is 3.87. The lowest BCUT2D eigenvalue weighted by Crippen LogP contribution is -2.63.